The van der Waals surface area contributed by atoms with E-state index in [4.69, 9.17) is 5.73 Å². The molecule has 0 amide bonds. The van der Waals surface area contributed by atoms with E-state index in [0.29, 0.717) is 5.82 Å². The zero-order valence-corrected chi connectivity index (χ0v) is 9.54. The average molecular weight is 217 g/mol. The largest absolute Gasteiger partial charge is 0.382 e. The Morgan fingerprint density at radius 2 is 2.12 bits per heavy atom. The molecule has 2 aromatic rings. The molecule has 84 valence electrons. The van der Waals surface area contributed by atoms with Crippen LogP contribution in [-0.4, -0.2) is 21.1 Å². The molecule has 0 saturated carbocycles. The minimum atomic E-state index is 0.542. The van der Waals surface area contributed by atoms with Crippen LogP contribution in [0.1, 0.15) is 17.1 Å². The Morgan fingerprint density at radius 1 is 1.31 bits per heavy atom. The third-order valence-corrected chi connectivity index (χ3v) is 3.27. The molecule has 1 aliphatic rings. The van der Waals surface area contributed by atoms with Crippen molar-refractivity contribution in [2.24, 2.45) is 0 Å². The van der Waals surface area contributed by atoms with Gasteiger partial charge in [-0.15, -0.1) is 0 Å². The van der Waals surface area contributed by atoms with Crippen LogP contribution in [-0.2, 0) is 13.1 Å². The number of fused-ring (bicyclic) bond motifs is 3. The minimum Gasteiger partial charge on any atom is -0.382 e. The lowest BCUT2D eigenvalue weighted by Crippen LogP contribution is -2.28. The molecule has 16 heavy (non-hydrogen) atoms. The molecule has 3 rings (SSSR count). The molecule has 1 aliphatic heterocycles. The highest BCUT2D eigenvalue weighted by Gasteiger charge is 2.18. The highest BCUT2D eigenvalue weighted by molar-refractivity contribution is 5.88. The molecule has 0 aliphatic carbocycles. The second kappa shape index (κ2) is 3.18. The lowest BCUT2D eigenvalue weighted by atomic mass is 10.2. The van der Waals surface area contributed by atoms with Crippen LogP contribution in [0.25, 0.3) is 11.0 Å². The summed E-state index contributed by atoms with van der Waals surface area (Å²) in [5.74, 6) is 1.60. The molecule has 0 spiro atoms. The van der Waals surface area contributed by atoms with Gasteiger partial charge < -0.3 is 15.6 Å². The summed E-state index contributed by atoms with van der Waals surface area (Å²) < 4.78 is 2.26. The van der Waals surface area contributed by atoms with E-state index in [9.17, 15) is 0 Å². The van der Waals surface area contributed by atoms with Gasteiger partial charge in [0.2, 0.25) is 0 Å². The standard InChI is InChI=1S/C11H15N5/c1-6-7(2)14-11(12)9-10(6)16-4-3-13-5-8(16)15-9/h13H,3-5H2,1-2H3,(H2,12,14). The van der Waals surface area contributed by atoms with E-state index in [2.05, 4.69) is 26.8 Å². The summed E-state index contributed by atoms with van der Waals surface area (Å²) in [4.78, 5) is 8.89. The number of aromatic nitrogens is 3. The zero-order valence-electron chi connectivity index (χ0n) is 9.54. The molecule has 5 nitrogen and oxygen atoms in total. The second-order valence-electron chi connectivity index (χ2n) is 4.26. The van der Waals surface area contributed by atoms with Gasteiger partial charge in [-0.25, -0.2) is 9.97 Å². The highest BCUT2D eigenvalue weighted by atomic mass is 15.2. The maximum atomic E-state index is 5.93. The number of pyridine rings is 1. The number of nitrogens with one attached hydrogen (secondary N) is 1. The third kappa shape index (κ3) is 1.15. The lowest BCUT2D eigenvalue weighted by molar-refractivity contribution is 0.514. The van der Waals surface area contributed by atoms with Gasteiger partial charge in [0.05, 0.1) is 12.1 Å². The van der Waals surface area contributed by atoms with E-state index in [-0.39, 0.29) is 0 Å². The first kappa shape index (κ1) is 9.59. The summed E-state index contributed by atoms with van der Waals surface area (Å²) in [7, 11) is 0. The van der Waals surface area contributed by atoms with Gasteiger partial charge in [0.25, 0.3) is 0 Å². The van der Waals surface area contributed by atoms with E-state index in [1.54, 1.807) is 0 Å². The van der Waals surface area contributed by atoms with Crippen LogP contribution >= 0.6 is 0 Å². The summed E-state index contributed by atoms with van der Waals surface area (Å²) >= 11 is 0. The summed E-state index contributed by atoms with van der Waals surface area (Å²) in [6, 6.07) is 0. The van der Waals surface area contributed by atoms with Crippen LogP contribution in [0, 0.1) is 13.8 Å². The van der Waals surface area contributed by atoms with E-state index >= 15 is 0 Å². The molecule has 2 aromatic heterocycles. The van der Waals surface area contributed by atoms with Crippen molar-refractivity contribution in [3.05, 3.63) is 17.1 Å². The zero-order chi connectivity index (χ0) is 11.3. The number of nitrogen functional groups attached to an aromatic ring is 1. The van der Waals surface area contributed by atoms with Gasteiger partial charge in [-0.3, -0.25) is 0 Å². The monoisotopic (exact) mass is 217 g/mol. The molecule has 0 atom stereocenters. The van der Waals surface area contributed by atoms with Crippen LogP contribution < -0.4 is 11.1 Å². The van der Waals surface area contributed by atoms with Crippen molar-refractivity contribution in [3.8, 4) is 0 Å². The molecular weight excluding hydrogens is 202 g/mol. The Kier molecular flexibility index (Phi) is 1.91. The SMILES string of the molecule is Cc1nc(N)c2nc3n(c2c1C)CCNC3. The Bertz CT molecular complexity index is 569. The van der Waals surface area contributed by atoms with Gasteiger partial charge in [0.15, 0.2) is 5.82 Å². The van der Waals surface area contributed by atoms with Crippen molar-refractivity contribution in [1.29, 1.82) is 0 Å². The molecule has 3 heterocycles. The maximum Gasteiger partial charge on any atom is 0.151 e. The van der Waals surface area contributed by atoms with Crippen LogP contribution in [0.2, 0.25) is 0 Å². The number of nitrogens with two attached hydrogens (primary N) is 1. The molecule has 0 fully saturated rings. The third-order valence-electron chi connectivity index (χ3n) is 3.27. The highest BCUT2D eigenvalue weighted by Crippen LogP contribution is 2.26. The van der Waals surface area contributed by atoms with E-state index in [1.165, 1.54) is 5.56 Å². The summed E-state index contributed by atoms with van der Waals surface area (Å²) in [6.07, 6.45) is 0. The van der Waals surface area contributed by atoms with Crippen molar-refractivity contribution < 1.29 is 0 Å². The van der Waals surface area contributed by atoms with Gasteiger partial charge in [0.1, 0.15) is 11.3 Å². The van der Waals surface area contributed by atoms with Crippen molar-refractivity contribution in [1.82, 2.24) is 19.9 Å². The summed E-state index contributed by atoms with van der Waals surface area (Å²) in [6.45, 7) is 6.83. The van der Waals surface area contributed by atoms with E-state index in [0.717, 1.165) is 42.2 Å². The fourth-order valence-corrected chi connectivity index (χ4v) is 2.31. The van der Waals surface area contributed by atoms with Gasteiger partial charge in [-0.1, -0.05) is 0 Å². The van der Waals surface area contributed by atoms with Crippen molar-refractivity contribution in [3.63, 3.8) is 0 Å². The number of hydrogen-bond donors (Lipinski definition) is 2. The predicted molar refractivity (Wildman–Crippen MR) is 63.1 cm³/mol. The normalized spacial score (nSPS) is 15.4. The van der Waals surface area contributed by atoms with Crippen molar-refractivity contribution in [2.45, 2.75) is 26.9 Å². The average Bonchev–Trinajstić information content (AvgIpc) is 2.66. The number of rotatable bonds is 0. The number of hydrogen-bond acceptors (Lipinski definition) is 4. The molecular formula is C11H15N5. The number of imidazole rings is 1. The first-order valence-corrected chi connectivity index (χ1v) is 5.51. The fraction of sp³-hybridized carbons (Fsp3) is 0.455. The minimum absolute atomic E-state index is 0.542. The van der Waals surface area contributed by atoms with E-state index < -0.39 is 0 Å². The van der Waals surface area contributed by atoms with Gasteiger partial charge in [-0.05, 0) is 19.4 Å². The van der Waals surface area contributed by atoms with Gasteiger partial charge in [0, 0.05) is 18.8 Å². The molecule has 0 unspecified atom stereocenters. The van der Waals surface area contributed by atoms with Crippen LogP contribution in [0.5, 0.6) is 0 Å². The first-order valence-electron chi connectivity index (χ1n) is 5.51. The smallest absolute Gasteiger partial charge is 0.151 e. The van der Waals surface area contributed by atoms with Crippen molar-refractivity contribution >= 4 is 16.9 Å². The number of nitrogens with zero attached hydrogens (tertiary/aromatic N) is 3. The van der Waals surface area contributed by atoms with Gasteiger partial charge >= 0.3 is 0 Å². The Hall–Kier alpha value is -1.62. The number of aryl methyl sites for hydroxylation is 2. The van der Waals surface area contributed by atoms with Crippen molar-refractivity contribution in [2.75, 3.05) is 12.3 Å². The molecule has 0 bridgehead atoms. The number of anilines is 1. The van der Waals surface area contributed by atoms with Crippen LogP contribution in [0.3, 0.4) is 0 Å². The molecule has 0 radical (unpaired) electrons. The molecule has 0 saturated heterocycles. The van der Waals surface area contributed by atoms with Gasteiger partial charge in [-0.2, -0.15) is 0 Å². The lowest BCUT2D eigenvalue weighted by Gasteiger charge is -2.16. The first-order chi connectivity index (χ1) is 7.68. The Balaban J connectivity index is 2.43. The quantitative estimate of drug-likeness (QED) is 0.682. The summed E-state index contributed by atoms with van der Waals surface area (Å²) in [5, 5.41) is 3.31. The Morgan fingerprint density at radius 3 is 2.94 bits per heavy atom. The summed E-state index contributed by atoms with van der Waals surface area (Å²) in [5.41, 5.74) is 10.1. The Labute approximate surface area is 93.7 Å². The topological polar surface area (TPSA) is 68.8 Å². The predicted octanol–water partition coefficient (Wildman–Crippen LogP) is 0.734. The van der Waals surface area contributed by atoms with Crippen LogP contribution in [0.15, 0.2) is 0 Å². The second-order valence-corrected chi connectivity index (χ2v) is 4.26. The fourth-order valence-electron chi connectivity index (χ4n) is 2.31. The van der Waals surface area contributed by atoms with E-state index in [1.807, 2.05) is 6.92 Å². The molecule has 3 N–H and O–H groups in total. The molecule has 5 heteroatoms. The molecule has 0 aromatic carbocycles. The maximum absolute atomic E-state index is 5.93. The van der Waals surface area contributed by atoms with Crippen LogP contribution in [0.4, 0.5) is 5.82 Å².